The van der Waals surface area contributed by atoms with E-state index in [-0.39, 0.29) is 23.4 Å². The van der Waals surface area contributed by atoms with Crippen LogP contribution in [0.3, 0.4) is 0 Å². The van der Waals surface area contributed by atoms with Gasteiger partial charge in [0.05, 0.1) is 5.92 Å². The normalized spacial score (nSPS) is 12.0. The molecule has 6 heteroatoms. The summed E-state index contributed by atoms with van der Waals surface area (Å²) in [5.41, 5.74) is 0.511. The number of hydrogen-bond donors (Lipinski definition) is 0. The topological polar surface area (TPSA) is 78.9 Å². The van der Waals surface area contributed by atoms with E-state index in [4.69, 9.17) is 14.2 Å². The summed E-state index contributed by atoms with van der Waals surface area (Å²) in [7, 11) is 0. The number of benzene rings is 1. The molecule has 0 fully saturated rings. The Morgan fingerprint density at radius 3 is 1.91 bits per heavy atom. The molecule has 1 atom stereocenters. The molecule has 0 radical (unpaired) electrons. The third-order valence-corrected chi connectivity index (χ3v) is 2.92. The minimum absolute atomic E-state index is 0.0837. The predicted octanol–water partition coefficient (Wildman–Crippen LogP) is 3.59. The highest BCUT2D eigenvalue weighted by atomic mass is 16.8. The monoisotopic (exact) mass is 322 g/mol. The molecule has 0 amide bonds. The van der Waals surface area contributed by atoms with Crippen molar-refractivity contribution in [1.82, 2.24) is 0 Å². The van der Waals surface area contributed by atoms with Crippen molar-refractivity contribution in [1.29, 1.82) is 0 Å². The summed E-state index contributed by atoms with van der Waals surface area (Å²) in [6.07, 6.45) is -2.00. The summed E-state index contributed by atoms with van der Waals surface area (Å²) in [5, 5.41) is 0. The average Bonchev–Trinajstić information content (AvgIpc) is 2.46. The lowest BCUT2D eigenvalue weighted by atomic mass is 10.1. The van der Waals surface area contributed by atoms with Gasteiger partial charge in [-0.1, -0.05) is 27.7 Å². The fourth-order valence-corrected chi connectivity index (χ4v) is 1.52. The van der Waals surface area contributed by atoms with Gasteiger partial charge in [0.1, 0.15) is 5.75 Å². The molecular formula is C17H22O6. The summed E-state index contributed by atoms with van der Waals surface area (Å²) in [4.78, 5) is 34.6. The average molecular weight is 322 g/mol. The first-order valence-corrected chi connectivity index (χ1v) is 7.40. The first-order chi connectivity index (χ1) is 10.7. The molecule has 0 bridgehead atoms. The summed E-state index contributed by atoms with van der Waals surface area (Å²) < 4.78 is 15.2. The smallest absolute Gasteiger partial charge is 0.425 e. The number of ether oxygens (including phenoxy) is 3. The Bertz CT molecular complexity index is 559. The molecule has 1 aromatic rings. The van der Waals surface area contributed by atoms with Crippen LogP contribution in [-0.2, 0) is 14.3 Å². The van der Waals surface area contributed by atoms with Crippen LogP contribution < -0.4 is 4.74 Å². The number of hydrogen-bond acceptors (Lipinski definition) is 6. The Morgan fingerprint density at radius 1 is 0.913 bits per heavy atom. The van der Waals surface area contributed by atoms with Gasteiger partial charge >= 0.3 is 12.1 Å². The molecule has 1 rings (SSSR count). The lowest BCUT2D eigenvalue weighted by Crippen LogP contribution is -2.32. The van der Waals surface area contributed by atoms with Crippen LogP contribution in [0.5, 0.6) is 5.75 Å². The van der Waals surface area contributed by atoms with Crippen LogP contribution in [0.1, 0.15) is 45.0 Å². The first-order valence-electron chi connectivity index (χ1n) is 7.40. The van der Waals surface area contributed by atoms with Gasteiger partial charge in [-0.3, -0.25) is 9.59 Å². The first kappa shape index (κ1) is 18.7. The van der Waals surface area contributed by atoms with E-state index in [1.807, 2.05) is 0 Å². The van der Waals surface area contributed by atoms with Crippen molar-refractivity contribution in [3.63, 3.8) is 0 Å². The quantitative estimate of drug-likeness (QED) is 0.345. The Balaban J connectivity index is 2.65. The second kappa shape index (κ2) is 8.31. The van der Waals surface area contributed by atoms with Gasteiger partial charge in [-0.05, 0) is 31.2 Å². The third-order valence-electron chi connectivity index (χ3n) is 2.92. The second-order valence-electron chi connectivity index (χ2n) is 5.75. The van der Waals surface area contributed by atoms with Crippen molar-refractivity contribution in [2.45, 2.75) is 40.9 Å². The molecule has 6 nitrogen and oxygen atoms in total. The minimum atomic E-state index is -1.02. The van der Waals surface area contributed by atoms with Crippen molar-refractivity contribution in [3.05, 3.63) is 29.8 Å². The summed E-state index contributed by atoms with van der Waals surface area (Å²) in [6.45, 7) is 8.34. The SMILES string of the molecule is CC(=O)c1ccc(OC(=O)OC(OC(=O)C(C)C)C(C)C)cc1. The van der Waals surface area contributed by atoms with E-state index < -0.39 is 18.4 Å². The van der Waals surface area contributed by atoms with Gasteiger partial charge in [0.2, 0.25) is 0 Å². The molecule has 23 heavy (non-hydrogen) atoms. The number of esters is 1. The molecule has 0 aliphatic carbocycles. The van der Waals surface area contributed by atoms with E-state index in [9.17, 15) is 14.4 Å². The van der Waals surface area contributed by atoms with E-state index in [1.165, 1.54) is 19.1 Å². The highest BCUT2D eigenvalue weighted by molar-refractivity contribution is 5.94. The van der Waals surface area contributed by atoms with E-state index in [0.717, 1.165) is 0 Å². The van der Waals surface area contributed by atoms with Crippen LogP contribution >= 0.6 is 0 Å². The molecule has 0 aromatic heterocycles. The highest BCUT2D eigenvalue weighted by Gasteiger charge is 2.25. The Hall–Kier alpha value is -2.37. The van der Waals surface area contributed by atoms with Gasteiger partial charge in [0.25, 0.3) is 6.29 Å². The summed E-state index contributed by atoms with van der Waals surface area (Å²) >= 11 is 0. The molecule has 1 aromatic carbocycles. The standard InChI is InChI=1S/C17H22O6/c1-10(2)15(19)22-16(11(3)4)23-17(20)21-14-8-6-13(7-9-14)12(5)18/h6-11,16H,1-5H3. The van der Waals surface area contributed by atoms with Gasteiger partial charge in [-0.25, -0.2) is 4.79 Å². The molecule has 0 spiro atoms. The Labute approximate surface area is 135 Å². The Kier molecular flexibility index (Phi) is 6.75. The fourth-order valence-electron chi connectivity index (χ4n) is 1.52. The number of rotatable bonds is 6. The predicted molar refractivity (Wildman–Crippen MR) is 83.1 cm³/mol. The maximum absolute atomic E-state index is 11.8. The van der Waals surface area contributed by atoms with Crippen molar-refractivity contribution >= 4 is 17.9 Å². The summed E-state index contributed by atoms with van der Waals surface area (Å²) in [5.74, 6) is -0.847. The lowest BCUT2D eigenvalue weighted by molar-refractivity contribution is -0.180. The van der Waals surface area contributed by atoms with Gasteiger partial charge in [0, 0.05) is 11.5 Å². The zero-order valence-corrected chi connectivity index (χ0v) is 14.0. The van der Waals surface area contributed by atoms with Crippen molar-refractivity contribution in [2.24, 2.45) is 11.8 Å². The molecule has 0 saturated carbocycles. The minimum Gasteiger partial charge on any atom is -0.425 e. The van der Waals surface area contributed by atoms with Crippen molar-refractivity contribution in [3.8, 4) is 5.75 Å². The van der Waals surface area contributed by atoms with Crippen LogP contribution in [0.2, 0.25) is 0 Å². The van der Waals surface area contributed by atoms with Crippen LogP contribution in [0, 0.1) is 11.8 Å². The largest absolute Gasteiger partial charge is 0.516 e. The molecule has 0 heterocycles. The van der Waals surface area contributed by atoms with Crippen LogP contribution in [0.4, 0.5) is 4.79 Å². The maximum Gasteiger partial charge on any atom is 0.516 e. The van der Waals surface area contributed by atoms with Gasteiger partial charge < -0.3 is 14.2 Å². The lowest BCUT2D eigenvalue weighted by Gasteiger charge is -2.21. The highest BCUT2D eigenvalue weighted by Crippen LogP contribution is 2.16. The summed E-state index contributed by atoms with van der Waals surface area (Å²) in [6, 6.07) is 6.07. The van der Waals surface area contributed by atoms with Crippen LogP contribution in [-0.4, -0.2) is 24.2 Å². The molecule has 0 aliphatic heterocycles. The van der Waals surface area contributed by atoms with Crippen molar-refractivity contribution in [2.75, 3.05) is 0 Å². The molecule has 0 N–H and O–H groups in total. The molecule has 0 saturated heterocycles. The second-order valence-corrected chi connectivity index (χ2v) is 5.75. The Morgan fingerprint density at radius 2 is 1.48 bits per heavy atom. The van der Waals surface area contributed by atoms with Gasteiger partial charge in [-0.15, -0.1) is 0 Å². The third kappa shape index (κ3) is 6.10. The zero-order chi connectivity index (χ0) is 17.6. The van der Waals surface area contributed by atoms with E-state index >= 15 is 0 Å². The molecular weight excluding hydrogens is 300 g/mol. The van der Waals surface area contributed by atoms with E-state index in [2.05, 4.69) is 0 Å². The molecule has 0 aliphatic rings. The number of carbonyl (C=O) groups excluding carboxylic acids is 3. The fraction of sp³-hybridized carbons (Fsp3) is 0.471. The molecule has 1 unspecified atom stereocenters. The van der Waals surface area contributed by atoms with Crippen LogP contribution in [0.15, 0.2) is 24.3 Å². The number of Topliss-reactive ketones (excluding diaryl/α,β-unsaturated/α-hetero) is 1. The zero-order valence-electron chi connectivity index (χ0n) is 14.0. The van der Waals surface area contributed by atoms with Crippen molar-refractivity contribution < 1.29 is 28.6 Å². The van der Waals surface area contributed by atoms with Gasteiger partial charge in [-0.2, -0.15) is 0 Å². The van der Waals surface area contributed by atoms with E-state index in [0.29, 0.717) is 5.56 Å². The van der Waals surface area contributed by atoms with Crippen LogP contribution in [0.25, 0.3) is 0 Å². The van der Waals surface area contributed by atoms with Gasteiger partial charge in [0.15, 0.2) is 5.78 Å². The molecule has 126 valence electrons. The number of carbonyl (C=O) groups is 3. The maximum atomic E-state index is 11.8. The van der Waals surface area contributed by atoms with E-state index in [1.54, 1.807) is 39.8 Å². The number of ketones is 1.